The van der Waals surface area contributed by atoms with Gasteiger partial charge < -0.3 is 10.2 Å². The summed E-state index contributed by atoms with van der Waals surface area (Å²) >= 11 is 0. The lowest BCUT2D eigenvalue weighted by molar-refractivity contribution is 0.422. The van der Waals surface area contributed by atoms with Crippen LogP contribution >= 0.6 is 0 Å². The number of nitrogens with zero attached hydrogens (tertiary/aromatic N) is 1. The lowest BCUT2D eigenvalue weighted by Crippen LogP contribution is -2.38. The molecule has 1 aromatic carbocycles. The number of para-hydroxylation sites is 1. The molecule has 0 aromatic heterocycles. The SMILES string of the molecule is CCN(CCCNC(C)(C)C)c1ccccc1F. The fourth-order valence-corrected chi connectivity index (χ4v) is 1.89. The number of hydrogen-bond acceptors (Lipinski definition) is 2. The highest BCUT2D eigenvalue weighted by Gasteiger charge is 2.10. The van der Waals surface area contributed by atoms with Gasteiger partial charge in [0.05, 0.1) is 5.69 Å². The largest absolute Gasteiger partial charge is 0.369 e. The van der Waals surface area contributed by atoms with E-state index in [0.717, 1.165) is 26.1 Å². The van der Waals surface area contributed by atoms with Crippen molar-refractivity contribution in [3.8, 4) is 0 Å². The van der Waals surface area contributed by atoms with E-state index in [1.807, 2.05) is 12.1 Å². The molecular weight excluding hydrogens is 227 g/mol. The molecule has 0 radical (unpaired) electrons. The Hall–Kier alpha value is -1.09. The molecule has 0 aliphatic rings. The molecule has 0 atom stereocenters. The second kappa shape index (κ2) is 6.74. The molecule has 0 saturated carbocycles. The molecule has 0 amide bonds. The zero-order valence-electron chi connectivity index (χ0n) is 12.0. The number of halogens is 1. The third-order valence-corrected chi connectivity index (χ3v) is 2.83. The molecule has 1 N–H and O–H groups in total. The van der Waals surface area contributed by atoms with E-state index in [1.165, 1.54) is 6.07 Å². The van der Waals surface area contributed by atoms with Crippen molar-refractivity contribution in [1.82, 2.24) is 5.32 Å². The van der Waals surface area contributed by atoms with Crippen LogP contribution in [-0.2, 0) is 0 Å². The Balaban J connectivity index is 2.46. The molecule has 1 aromatic rings. The summed E-state index contributed by atoms with van der Waals surface area (Å²) in [4.78, 5) is 2.08. The summed E-state index contributed by atoms with van der Waals surface area (Å²) in [5.74, 6) is -0.136. The van der Waals surface area contributed by atoms with E-state index in [-0.39, 0.29) is 11.4 Å². The van der Waals surface area contributed by atoms with Crippen LogP contribution in [-0.4, -0.2) is 25.2 Å². The third kappa shape index (κ3) is 5.05. The number of anilines is 1. The molecule has 0 aliphatic carbocycles. The van der Waals surface area contributed by atoms with Gasteiger partial charge in [0.25, 0.3) is 0 Å². The predicted molar refractivity (Wildman–Crippen MR) is 76.7 cm³/mol. The Kier molecular flexibility index (Phi) is 5.60. The summed E-state index contributed by atoms with van der Waals surface area (Å²) in [7, 11) is 0. The van der Waals surface area contributed by atoms with Crippen molar-refractivity contribution in [3.05, 3.63) is 30.1 Å². The van der Waals surface area contributed by atoms with E-state index < -0.39 is 0 Å². The maximum Gasteiger partial charge on any atom is 0.146 e. The van der Waals surface area contributed by atoms with Crippen LogP contribution in [0.5, 0.6) is 0 Å². The summed E-state index contributed by atoms with van der Waals surface area (Å²) in [5, 5.41) is 3.45. The Bertz CT molecular complexity index is 358. The first-order valence-corrected chi connectivity index (χ1v) is 6.68. The zero-order chi connectivity index (χ0) is 13.6. The molecule has 102 valence electrons. The Morgan fingerprint density at radius 1 is 1.22 bits per heavy atom. The van der Waals surface area contributed by atoms with Gasteiger partial charge in [0, 0.05) is 18.6 Å². The highest BCUT2D eigenvalue weighted by molar-refractivity contribution is 5.47. The van der Waals surface area contributed by atoms with Gasteiger partial charge in [-0.1, -0.05) is 12.1 Å². The van der Waals surface area contributed by atoms with Gasteiger partial charge in [-0.15, -0.1) is 0 Å². The van der Waals surface area contributed by atoms with Gasteiger partial charge >= 0.3 is 0 Å². The van der Waals surface area contributed by atoms with Crippen LogP contribution in [0.25, 0.3) is 0 Å². The summed E-state index contributed by atoms with van der Waals surface area (Å²) in [6.45, 7) is 11.2. The highest BCUT2D eigenvalue weighted by atomic mass is 19.1. The number of nitrogens with one attached hydrogen (secondary N) is 1. The second-order valence-electron chi connectivity index (χ2n) is 5.56. The van der Waals surface area contributed by atoms with Gasteiger partial charge in [0.15, 0.2) is 0 Å². The molecule has 0 spiro atoms. The van der Waals surface area contributed by atoms with E-state index >= 15 is 0 Å². The van der Waals surface area contributed by atoms with Crippen molar-refractivity contribution >= 4 is 5.69 Å². The molecule has 0 bridgehead atoms. The van der Waals surface area contributed by atoms with Gasteiger partial charge in [0.1, 0.15) is 5.82 Å². The van der Waals surface area contributed by atoms with Crippen LogP contribution in [0.15, 0.2) is 24.3 Å². The highest BCUT2D eigenvalue weighted by Crippen LogP contribution is 2.18. The maximum absolute atomic E-state index is 13.7. The van der Waals surface area contributed by atoms with E-state index in [9.17, 15) is 4.39 Å². The molecule has 0 unspecified atom stereocenters. The summed E-state index contributed by atoms with van der Waals surface area (Å²) in [6.07, 6.45) is 1.01. The average Bonchev–Trinajstić information content (AvgIpc) is 2.29. The second-order valence-corrected chi connectivity index (χ2v) is 5.56. The van der Waals surface area contributed by atoms with Crippen molar-refractivity contribution in [2.24, 2.45) is 0 Å². The molecule has 0 saturated heterocycles. The van der Waals surface area contributed by atoms with Crippen molar-refractivity contribution in [2.75, 3.05) is 24.5 Å². The van der Waals surface area contributed by atoms with Gasteiger partial charge in [-0.25, -0.2) is 4.39 Å². The van der Waals surface area contributed by atoms with Crippen molar-refractivity contribution < 1.29 is 4.39 Å². The Morgan fingerprint density at radius 2 is 1.89 bits per heavy atom. The van der Waals surface area contributed by atoms with Crippen LogP contribution in [0.4, 0.5) is 10.1 Å². The number of benzene rings is 1. The molecular formula is C15H25FN2. The van der Waals surface area contributed by atoms with E-state index in [1.54, 1.807) is 6.07 Å². The van der Waals surface area contributed by atoms with E-state index in [2.05, 4.69) is 37.9 Å². The van der Waals surface area contributed by atoms with Crippen molar-refractivity contribution in [3.63, 3.8) is 0 Å². The third-order valence-electron chi connectivity index (χ3n) is 2.83. The average molecular weight is 252 g/mol. The lowest BCUT2D eigenvalue weighted by atomic mass is 10.1. The molecule has 1 rings (SSSR count). The molecule has 2 nitrogen and oxygen atoms in total. The Morgan fingerprint density at radius 3 is 2.44 bits per heavy atom. The first kappa shape index (κ1) is 15.0. The van der Waals surface area contributed by atoms with Gasteiger partial charge in [-0.2, -0.15) is 0 Å². The summed E-state index contributed by atoms with van der Waals surface area (Å²) in [6, 6.07) is 6.98. The molecule has 18 heavy (non-hydrogen) atoms. The monoisotopic (exact) mass is 252 g/mol. The van der Waals surface area contributed by atoms with Gasteiger partial charge in [-0.05, 0) is 52.8 Å². The quantitative estimate of drug-likeness (QED) is 0.780. The van der Waals surface area contributed by atoms with Crippen LogP contribution in [0, 0.1) is 5.82 Å². The topological polar surface area (TPSA) is 15.3 Å². The van der Waals surface area contributed by atoms with Gasteiger partial charge in [-0.3, -0.25) is 0 Å². The number of hydrogen-bond donors (Lipinski definition) is 1. The molecule has 0 heterocycles. The van der Waals surface area contributed by atoms with Gasteiger partial charge in [0.2, 0.25) is 0 Å². The number of rotatable bonds is 6. The standard InChI is InChI=1S/C15H25FN2/c1-5-18(12-8-11-17-15(2,3)4)14-10-7-6-9-13(14)16/h6-7,9-10,17H,5,8,11-12H2,1-4H3. The van der Waals surface area contributed by atoms with Crippen LogP contribution in [0.1, 0.15) is 34.1 Å². The van der Waals surface area contributed by atoms with Crippen molar-refractivity contribution in [1.29, 1.82) is 0 Å². The minimum Gasteiger partial charge on any atom is -0.369 e. The molecule has 0 aliphatic heterocycles. The van der Waals surface area contributed by atoms with Crippen molar-refractivity contribution in [2.45, 2.75) is 39.7 Å². The molecule has 3 heteroatoms. The zero-order valence-corrected chi connectivity index (χ0v) is 12.0. The van der Waals surface area contributed by atoms with Crippen LogP contribution < -0.4 is 10.2 Å². The first-order valence-electron chi connectivity index (χ1n) is 6.68. The van der Waals surface area contributed by atoms with Crippen LogP contribution in [0.2, 0.25) is 0 Å². The Labute approximate surface area is 110 Å². The fourth-order valence-electron chi connectivity index (χ4n) is 1.89. The predicted octanol–water partition coefficient (Wildman–Crippen LogP) is 3.43. The summed E-state index contributed by atoms with van der Waals surface area (Å²) < 4.78 is 13.7. The summed E-state index contributed by atoms with van der Waals surface area (Å²) in [5.41, 5.74) is 0.852. The minimum absolute atomic E-state index is 0.136. The van der Waals surface area contributed by atoms with E-state index in [4.69, 9.17) is 0 Å². The fraction of sp³-hybridized carbons (Fsp3) is 0.600. The minimum atomic E-state index is -0.136. The van der Waals surface area contributed by atoms with E-state index in [0.29, 0.717) is 5.69 Å². The van der Waals surface area contributed by atoms with Crippen LogP contribution in [0.3, 0.4) is 0 Å². The maximum atomic E-state index is 13.7. The molecule has 0 fully saturated rings. The smallest absolute Gasteiger partial charge is 0.146 e. The first-order chi connectivity index (χ1) is 8.44. The normalized spacial score (nSPS) is 11.6. The lowest BCUT2D eigenvalue weighted by Gasteiger charge is -2.25.